The largest absolute Gasteiger partial charge is 0.425 e. The Hall–Kier alpha value is -2.10. The molecule has 1 fully saturated rings. The Bertz CT molecular complexity index is 596. The summed E-state index contributed by atoms with van der Waals surface area (Å²) in [7, 11) is 0. The third kappa shape index (κ3) is 2.33. The molecule has 0 atom stereocenters. The molecule has 0 spiro atoms. The fourth-order valence-electron chi connectivity index (χ4n) is 2.18. The van der Waals surface area contributed by atoms with Gasteiger partial charge in [-0.3, -0.25) is 4.79 Å². The summed E-state index contributed by atoms with van der Waals surface area (Å²) in [5, 5.41) is 0. The van der Waals surface area contributed by atoms with Crippen LogP contribution >= 0.6 is 0 Å². The number of allylic oxidation sites excluding steroid dienone is 1. The number of carbonyl (C=O) groups is 2. The Labute approximate surface area is 117 Å². The molecule has 1 heterocycles. The molecule has 1 aromatic rings. The first-order chi connectivity index (χ1) is 9.70. The van der Waals surface area contributed by atoms with Crippen LogP contribution in [0.2, 0.25) is 0 Å². The second kappa shape index (κ2) is 5.12. The first-order valence-electron chi connectivity index (χ1n) is 6.98. The van der Waals surface area contributed by atoms with E-state index >= 15 is 0 Å². The van der Waals surface area contributed by atoms with Gasteiger partial charge in [0.05, 0.1) is 5.92 Å². The molecule has 0 unspecified atom stereocenters. The zero-order valence-corrected chi connectivity index (χ0v) is 11.3. The van der Waals surface area contributed by atoms with Gasteiger partial charge < -0.3 is 9.47 Å². The van der Waals surface area contributed by atoms with Gasteiger partial charge in [0.2, 0.25) is 0 Å². The maximum Gasteiger partial charge on any atom is 0.348 e. The summed E-state index contributed by atoms with van der Waals surface area (Å²) in [4.78, 5) is 23.7. The molecule has 1 aliphatic heterocycles. The highest BCUT2D eigenvalue weighted by molar-refractivity contribution is 6.05. The van der Waals surface area contributed by atoms with Crippen molar-refractivity contribution in [3.8, 4) is 5.75 Å². The van der Waals surface area contributed by atoms with Gasteiger partial charge in [0.15, 0.2) is 0 Å². The van der Waals surface area contributed by atoms with Crippen LogP contribution in [0.4, 0.5) is 0 Å². The zero-order valence-electron chi connectivity index (χ0n) is 11.3. The van der Waals surface area contributed by atoms with E-state index in [4.69, 9.17) is 9.47 Å². The topological polar surface area (TPSA) is 52.6 Å². The van der Waals surface area contributed by atoms with Gasteiger partial charge >= 0.3 is 11.9 Å². The van der Waals surface area contributed by atoms with Crippen molar-refractivity contribution in [2.24, 2.45) is 5.92 Å². The second-order valence-corrected chi connectivity index (χ2v) is 5.12. The summed E-state index contributed by atoms with van der Waals surface area (Å²) in [6.45, 7) is 2.06. The van der Waals surface area contributed by atoms with E-state index < -0.39 is 5.97 Å². The average molecular weight is 272 g/mol. The SMILES string of the molecule is CCC/C=C1\OC(=O)c2c(OC(=O)C3CC3)cccc21. The van der Waals surface area contributed by atoms with Crippen molar-refractivity contribution in [1.82, 2.24) is 0 Å². The minimum atomic E-state index is -0.443. The van der Waals surface area contributed by atoms with Crippen molar-refractivity contribution < 1.29 is 19.1 Å². The lowest BCUT2D eigenvalue weighted by Crippen LogP contribution is -2.12. The molecule has 4 nitrogen and oxygen atoms in total. The molecule has 0 saturated heterocycles. The molecule has 1 saturated carbocycles. The number of cyclic esters (lactones) is 1. The fourth-order valence-corrected chi connectivity index (χ4v) is 2.18. The van der Waals surface area contributed by atoms with Crippen LogP contribution in [0, 0.1) is 5.92 Å². The Balaban J connectivity index is 1.92. The van der Waals surface area contributed by atoms with Crippen molar-refractivity contribution in [3.63, 3.8) is 0 Å². The summed E-state index contributed by atoms with van der Waals surface area (Å²) in [5.41, 5.74) is 1.08. The molecule has 3 rings (SSSR count). The summed E-state index contributed by atoms with van der Waals surface area (Å²) in [6.07, 6.45) is 5.47. The molecule has 4 heteroatoms. The van der Waals surface area contributed by atoms with E-state index in [1.165, 1.54) is 0 Å². The molecular weight excluding hydrogens is 256 g/mol. The first kappa shape index (κ1) is 12.9. The molecule has 2 aliphatic rings. The van der Waals surface area contributed by atoms with Gasteiger partial charge in [0.1, 0.15) is 17.1 Å². The molecule has 0 aromatic heterocycles. The molecule has 20 heavy (non-hydrogen) atoms. The van der Waals surface area contributed by atoms with E-state index in [0.717, 1.165) is 25.7 Å². The van der Waals surface area contributed by atoms with E-state index in [-0.39, 0.29) is 11.9 Å². The van der Waals surface area contributed by atoms with Crippen LogP contribution < -0.4 is 4.74 Å². The van der Waals surface area contributed by atoms with E-state index in [2.05, 4.69) is 6.92 Å². The quantitative estimate of drug-likeness (QED) is 0.623. The molecule has 0 amide bonds. The maximum atomic E-state index is 12.0. The number of unbranched alkanes of at least 4 members (excludes halogenated alkanes) is 1. The molecule has 0 bridgehead atoms. The van der Waals surface area contributed by atoms with Crippen LogP contribution in [0.25, 0.3) is 5.76 Å². The van der Waals surface area contributed by atoms with Gasteiger partial charge in [-0.2, -0.15) is 0 Å². The summed E-state index contributed by atoms with van der Waals surface area (Å²) in [6, 6.07) is 5.23. The van der Waals surface area contributed by atoms with Gasteiger partial charge in [-0.25, -0.2) is 4.79 Å². The predicted molar refractivity (Wildman–Crippen MR) is 73.1 cm³/mol. The van der Waals surface area contributed by atoms with Crippen molar-refractivity contribution in [2.45, 2.75) is 32.6 Å². The number of esters is 2. The van der Waals surface area contributed by atoms with Crippen molar-refractivity contribution >= 4 is 17.7 Å². The van der Waals surface area contributed by atoms with Gasteiger partial charge in [-0.05, 0) is 31.4 Å². The first-order valence-corrected chi connectivity index (χ1v) is 6.98. The van der Waals surface area contributed by atoms with Gasteiger partial charge in [-0.1, -0.05) is 25.5 Å². The summed E-state index contributed by atoms with van der Waals surface area (Å²) in [5.74, 6) is 0.178. The molecule has 0 N–H and O–H groups in total. The van der Waals surface area contributed by atoms with Crippen molar-refractivity contribution in [3.05, 3.63) is 35.4 Å². The third-order valence-corrected chi connectivity index (χ3v) is 3.44. The minimum absolute atomic E-state index is 0.00150. The predicted octanol–water partition coefficient (Wildman–Crippen LogP) is 3.31. The van der Waals surface area contributed by atoms with Crippen LogP contribution in [0.15, 0.2) is 24.3 Å². The minimum Gasteiger partial charge on any atom is -0.425 e. The zero-order chi connectivity index (χ0) is 14.1. The maximum absolute atomic E-state index is 12.0. The number of benzene rings is 1. The lowest BCUT2D eigenvalue weighted by atomic mass is 10.1. The van der Waals surface area contributed by atoms with Crippen LogP contribution in [-0.4, -0.2) is 11.9 Å². The summed E-state index contributed by atoms with van der Waals surface area (Å²) >= 11 is 0. The summed E-state index contributed by atoms with van der Waals surface area (Å²) < 4.78 is 10.6. The van der Waals surface area contributed by atoms with Crippen molar-refractivity contribution in [2.75, 3.05) is 0 Å². The molecular formula is C16H16O4. The molecule has 0 radical (unpaired) electrons. The lowest BCUT2D eigenvalue weighted by Gasteiger charge is -2.05. The number of hydrogen-bond donors (Lipinski definition) is 0. The fraction of sp³-hybridized carbons (Fsp3) is 0.375. The van der Waals surface area contributed by atoms with E-state index in [9.17, 15) is 9.59 Å². The van der Waals surface area contributed by atoms with E-state index in [1.54, 1.807) is 12.1 Å². The third-order valence-electron chi connectivity index (χ3n) is 3.44. The molecule has 1 aliphatic carbocycles. The smallest absolute Gasteiger partial charge is 0.348 e. The highest BCUT2D eigenvalue weighted by Gasteiger charge is 2.35. The lowest BCUT2D eigenvalue weighted by molar-refractivity contribution is -0.135. The van der Waals surface area contributed by atoms with E-state index in [0.29, 0.717) is 22.6 Å². The number of fused-ring (bicyclic) bond motifs is 1. The Morgan fingerprint density at radius 1 is 1.45 bits per heavy atom. The highest BCUT2D eigenvalue weighted by Crippen LogP contribution is 2.37. The highest BCUT2D eigenvalue weighted by atomic mass is 16.6. The Morgan fingerprint density at radius 3 is 2.95 bits per heavy atom. The normalized spacial score (nSPS) is 18.9. The number of hydrogen-bond acceptors (Lipinski definition) is 4. The Morgan fingerprint density at radius 2 is 2.25 bits per heavy atom. The van der Waals surface area contributed by atoms with E-state index in [1.807, 2.05) is 12.1 Å². The molecule has 104 valence electrons. The van der Waals surface area contributed by atoms with Gasteiger partial charge in [0.25, 0.3) is 0 Å². The molecule has 1 aromatic carbocycles. The van der Waals surface area contributed by atoms with Crippen LogP contribution in [0.3, 0.4) is 0 Å². The number of ether oxygens (including phenoxy) is 2. The average Bonchev–Trinajstić information content (AvgIpc) is 3.23. The van der Waals surface area contributed by atoms with Gasteiger partial charge in [-0.15, -0.1) is 0 Å². The van der Waals surface area contributed by atoms with Crippen LogP contribution in [0.5, 0.6) is 5.75 Å². The number of rotatable bonds is 4. The Kier molecular flexibility index (Phi) is 3.30. The van der Waals surface area contributed by atoms with Crippen LogP contribution in [-0.2, 0) is 9.53 Å². The van der Waals surface area contributed by atoms with Crippen LogP contribution in [0.1, 0.15) is 48.5 Å². The van der Waals surface area contributed by atoms with Gasteiger partial charge in [0, 0.05) is 5.56 Å². The number of carbonyl (C=O) groups excluding carboxylic acids is 2. The standard InChI is InChI=1S/C16H16O4/c1-2-3-6-12-11-5-4-7-13(14(11)16(18)19-12)20-15(17)10-8-9-10/h4-7,10H,2-3,8-9H2,1H3/b12-6-. The van der Waals surface area contributed by atoms with Crippen molar-refractivity contribution in [1.29, 1.82) is 0 Å². The monoisotopic (exact) mass is 272 g/mol. The second-order valence-electron chi connectivity index (χ2n) is 5.12.